The quantitative estimate of drug-likeness (QED) is 0.575. The number of halogens is 8. The molecule has 0 saturated heterocycles. The maximum absolute atomic E-state index is 12.2. The molecule has 0 bridgehead atoms. The highest BCUT2D eigenvalue weighted by Crippen LogP contribution is 2.32. The first-order valence-electron chi connectivity index (χ1n) is 7.64. The zero-order chi connectivity index (χ0) is 22.8. The van der Waals surface area contributed by atoms with Crippen LogP contribution in [0.25, 0.3) is 0 Å². The summed E-state index contributed by atoms with van der Waals surface area (Å²) in [6.45, 7) is -2.89. The second-order valence-electron chi connectivity index (χ2n) is 4.80. The van der Waals surface area contributed by atoms with Gasteiger partial charge in [0.1, 0.15) is 0 Å². The molecule has 0 amide bonds. The van der Waals surface area contributed by atoms with Gasteiger partial charge in [-0.3, -0.25) is 0 Å². The van der Waals surface area contributed by atoms with Crippen LogP contribution in [0, 0.1) is 0 Å². The fourth-order valence-electron chi connectivity index (χ4n) is 1.65. The van der Waals surface area contributed by atoms with Gasteiger partial charge < -0.3 is 10.2 Å². The Morgan fingerprint density at radius 2 is 1.37 bits per heavy atom. The molecule has 0 heterocycles. The van der Waals surface area contributed by atoms with Crippen LogP contribution in [0.1, 0.15) is 29.8 Å². The molecule has 0 aromatic heterocycles. The maximum atomic E-state index is 12.2. The highest BCUT2D eigenvalue weighted by molar-refractivity contribution is 6.33. The van der Waals surface area contributed by atoms with Gasteiger partial charge in [0.15, 0.2) is 0 Å². The lowest BCUT2D eigenvalue weighted by Gasteiger charge is -2.08. The van der Waals surface area contributed by atoms with E-state index in [2.05, 4.69) is 0 Å². The fourth-order valence-corrected chi connectivity index (χ4v) is 2.01. The maximum Gasteiger partial charge on any atom is 0.416 e. The topological polar surface area (TPSA) is 57.5 Å². The van der Waals surface area contributed by atoms with Crippen LogP contribution in [0.3, 0.4) is 0 Å². The van der Waals surface area contributed by atoms with Crippen molar-refractivity contribution >= 4 is 29.2 Å². The Hall–Kier alpha value is -1.97. The molecule has 0 spiro atoms. The number of aromatic carboxylic acids is 1. The smallest absolute Gasteiger partial charge is 0.416 e. The number of carboxylic acids is 1. The van der Waals surface area contributed by atoms with Crippen LogP contribution in [0.2, 0.25) is 10.0 Å². The molecule has 0 aliphatic carbocycles. The van der Waals surface area contributed by atoms with Gasteiger partial charge in [-0.25, -0.2) is 4.79 Å². The van der Waals surface area contributed by atoms with Crippen molar-refractivity contribution in [3.63, 3.8) is 0 Å². The van der Waals surface area contributed by atoms with Crippen molar-refractivity contribution in [3.8, 4) is 0 Å². The average molecular weight is 437 g/mol. The second-order valence-corrected chi connectivity index (χ2v) is 5.62. The lowest BCUT2D eigenvalue weighted by molar-refractivity contribution is -0.138. The first kappa shape index (κ1) is 19.8. The van der Waals surface area contributed by atoms with Crippen molar-refractivity contribution in [2.24, 2.45) is 0 Å². The van der Waals surface area contributed by atoms with E-state index in [9.17, 15) is 31.1 Å². The van der Waals surface area contributed by atoms with E-state index in [-0.39, 0.29) is 10.0 Å². The van der Waals surface area contributed by atoms with E-state index in [1.807, 2.05) is 0 Å². The van der Waals surface area contributed by atoms with Crippen molar-refractivity contribution in [2.45, 2.75) is 18.9 Å². The number of carboxylic acid groups (broad SMARTS) is 1. The first-order valence-corrected chi connectivity index (χ1v) is 7.40. The van der Waals surface area contributed by atoms with Gasteiger partial charge in [-0.2, -0.15) is 26.3 Å². The number of aliphatic hydroxyl groups is 1. The Bertz CT molecular complexity index is 896. The molecule has 0 unspecified atom stereocenters. The van der Waals surface area contributed by atoms with E-state index in [1.165, 1.54) is 0 Å². The second kappa shape index (κ2) is 8.81. The van der Waals surface area contributed by atoms with E-state index in [0.29, 0.717) is 12.1 Å². The molecule has 148 valence electrons. The van der Waals surface area contributed by atoms with Gasteiger partial charge in [-0.15, -0.1) is 0 Å². The predicted molar refractivity (Wildman–Crippen MR) is 85.8 cm³/mol. The third-order valence-corrected chi connectivity index (χ3v) is 3.60. The number of carbonyl (C=O) groups is 1. The Balaban J connectivity index is 0.000000291. The van der Waals surface area contributed by atoms with Gasteiger partial charge in [0.25, 0.3) is 0 Å². The van der Waals surface area contributed by atoms with Gasteiger partial charge in [0.2, 0.25) is 0 Å². The highest BCUT2D eigenvalue weighted by Gasteiger charge is 2.32. The summed E-state index contributed by atoms with van der Waals surface area (Å²) in [7, 11) is 0. The normalized spacial score (nSPS) is 13.2. The Morgan fingerprint density at radius 3 is 1.78 bits per heavy atom. The number of alkyl halides is 6. The summed E-state index contributed by atoms with van der Waals surface area (Å²) in [5.74, 6) is -1.49. The summed E-state index contributed by atoms with van der Waals surface area (Å²) in [5, 5.41) is 17.0. The molecule has 11 heteroatoms. The van der Waals surface area contributed by atoms with Crippen molar-refractivity contribution in [1.29, 1.82) is 0 Å². The van der Waals surface area contributed by atoms with Gasteiger partial charge in [-0.1, -0.05) is 23.2 Å². The molecule has 0 saturated carbocycles. The van der Waals surface area contributed by atoms with Crippen molar-refractivity contribution < 1.29 is 44.1 Å². The van der Waals surface area contributed by atoms with Crippen LogP contribution in [-0.2, 0) is 18.9 Å². The molecule has 2 aromatic rings. The summed E-state index contributed by atoms with van der Waals surface area (Å²) in [4.78, 5) is 10.4. The SMILES string of the molecule is O=C(O)c1cc(C(F)(F)F)ccc1Cl.[2H]C([2H])(O)c1cc(C(F)(F)F)ccc1Cl. The number of benzene rings is 2. The van der Waals surface area contributed by atoms with Gasteiger partial charge in [0, 0.05) is 5.02 Å². The fraction of sp³-hybridized carbons (Fsp3) is 0.188. The molecule has 0 radical (unpaired) electrons. The minimum Gasteiger partial charge on any atom is -0.478 e. The van der Waals surface area contributed by atoms with Crippen LogP contribution in [0.15, 0.2) is 36.4 Å². The van der Waals surface area contributed by atoms with Crippen LogP contribution in [0.5, 0.6) is 0 Å². The first-order chi connectivity index (χ1) is 12.9. The Kier molecular flexibility index (Phi) is 6.46. The summed E-state index contributed by atoms with van der Waals surface area (Å²) < 4.78 is 86.9. The molecule has 2 aromatic carbocycles. The van der Waals surface area contributed by atoms with E-state index in [1.54, 1.807) is 0 Å². The monoisotopic (exact) mass is 436 g/mol. The molecule has 0 fully saturated rings. The molecule has 0 aliphatic heterocycles. The lowest BCUT2D eigenvalue weighted by Crippen LogP contribution is -2.07. The van der Waals surface area contributed by atoms with Crippen LogP contribution < -0.4 is 0 Å². The van der Waals surface area contributed by atoms with E-state index in [0.717, 1.165) is 24.3 Å². The average Bonchev–Trinajstić information content (AvgIpc) is 2.52. The zero-order valence-electron chi connectivity index (χ0n) is 14.8. The van der Waals surface area contributed by atoms with E-state index in [4.69, 9.17) is 36.2 Å². The molecule has 2 rings (SSSR count). The highest BCUT2D eigenvalue weighted by atomic mass is 35.5. The lowest BCUT2D eigenvalue weighted by atomic mass is 10.1. The van der Waals surface area contributed by atoms with Crippen LogP contribution in [0.4, 0.5) is 26.3 Å². The summed E-state index contributed by atoms with van der Waals surface area (Å²) in [6, 6.07) is 4.25. The number of rotatable bonds is 2. The van der Waals surface area contributed by atoms with Crippen molar-refractivity contribution in [1.82, 2.24) is 0 Å². The molecule has 0 atom stereocenters. The summed E-state index contributed by atoms with van der Waals surface area (Å²) in [5.41, 5.74) is -3.24. The minimum atomic E-state index is -4.59. The van der Waals surface area contributed by atoms with Crippen molar-refractivity contribution in [3.05, 3.63) is 68.7 Å². The van der Waals surface area contributed by atoms with E-state index < -0.39 is 47.1 Å². The third-order valence-electron chi connectivity index (χ3n) is 2.94. The Morgan fingerprint density at radius 1 is 0.926 bits per heavy atom. The summed E-state index contributed by atoms with van der Waals surface area (Å²) >= 11 is 10.9. The molecule has 3 nitrogen and oxygen atoms in total. The van der Waals surface area contributed by atoms with Crippen LogP contribution in [-0.4, -0.2) is 16.2 Å². The Labute approximate surface area is 161 Å². The van der Waals surface area contributed by atoms with Crippen molar-refractivity contribution in [2.75, 3.05) is 0 Å². The largest absolute Gasteiger partial charge is 0.478 e. The predicted octanol–water partition coefficient (Wildman–Crippen LogP) is 5.91. The van der Waals surface area contributed by atoms with E-state index >= 15 is 0 Å². The molecular formula is C16H10Cl2F6O3. The molecule has 2 N–H and O–H groups in total. The molecule has 27 heavy (non-hydrogen) atoms. The molecular weight excluding hydrogens is 425 g/mol. The summed E-state index contributed by atoms with van der Waals surface area (Å²) in [6.07, 6.45) is -9.15. The minimum absolute atomic E-state index is 0.217. The standard InChI is InChI=1S/C8H4ClF3O2.C8H6ClF3O/c9-6-2-1-4(8(10,11)12)3-5(6)7(13)14;9-7-2-1-6(8(10,11)12)3-5(7)4-13/h1-3H,(H,13,14);1-3,13H,4H2/i;4D2. The van der Waals surface area contributed by atoms with Gasteiger partial charge >= 0.3 is 18.3 Å². The van der Waals surface area contributed by atoms with Crippen LogP contribution >= 0.6 is 23.2 Å². The zero-order valence-corrected chi connectivity index (χ0v) is 14.3. The van der Waals surface area contributed by atoms with Gasteiger partial charge in [-0.05, 0) is 42.0 Å². The molecule has 0 aliphatic rings. The number of hydrogen-bond acceptors (Lipinski definition) is 2. The van der Waals surface area contributed by atoms with Gasteiger partial charge in [0.05, 0.1) is 31.0 Å². The number of hydrogen-bond donors (Lipinski definition) is 2. The third kappa shape index (κ3) is 6.60.